The number of ether oxygens (including phenoxy) is 1. The zero-order chi connectivity index (χ0) is 19.8. The molecule has 2 aromatic carbocycles. The smallest absolute Gasteiger partial charge is 0.271 e. The summed E-state index contributed by atoms with van der Waals surface area (Å²) in [6.07, 6.45) is 3.31. The number of rotatable bonds is 8. The molecule has 1 aromatic heterocycles. The highest BCUT2D eigenvalue weighted by molar-refractivity contribution is 5.92. The number of carbonyl (C=O) groups is 1. The Morgan fingerprint density at radius 3 is 2.50 bits per heavy atom. The van der Waals surface area contributed by atoms with E-state index in [1.807, 2.05) is 24.3 Å². The van der Waals surface area contributed by atoms with Crippen molar-refractivity contribution in [3.8, 4) is 5.75 Å². The minimum absolute atomic E-state index is 0.205. The number of anilines is 1. The van der Waals surface area contributed by atoms with E-state index < -0.39 is 0 Å². The normalized spacial score (nSPS) is 10.4. The summed E-state index contributed by atoms with van der Waals surface area (Å²) in [5.74, 6) is 0.713. The van der Waals surface area contributed by atoms with Crippen molar-refractivity contribution in [1.29, 1.82) is 0 Å². The second-order valence-electron chi connectivity index (χ2n) is 6.05. The van der Waals surface area contributed by atoms with Crippen LogP contribution in [0.4, 0.5) is 10.2 Å². The van der Waals surface area contributed by atoms with Gasteiger partial charge in [-0.25, -0.2) is 14.4 Å². The van der Waals surface area contributed by atoms with Crippen LogP contribution in [0.25, 0.3) is 0 Å². The Labute approximate surface area is 162 Å². The van der Waals surface area contributed by atoms with Crippen molar-refractivity contribution < 1.29 is 13.9 Å². The van der Waals surface area contributed by atoms with Crippen LogP contribution in [0.1, 0.15) is 21.6 Å². The third-order valence-corrected chi connectivity index (χ3v) is 4.17. The van der Waals surface area contributed by atoms with Gasteiger partial charge in [-0.15, -0.1) is 0 Å². The highest BCUT2D eigenvalue weighted by Crippen LogP contribution is 2.18. The Bertz CT molecular complexity index is 932. The van der Waals surface area contributed by atoms with E-state index >= 15 is 0 Å². The lowest BCUT2D eigenvalue weighted by molar-refractivity contribution is 0.0948. The molecular formula is C21H21FN4O2. The predicted molar refractivity (Wildman–Crippen MR) is 105 cm³/mol. The molecule has 144 valence electrons. The maximum atomic E-state index is 13.6. The van der Waals surface area contributed by atoms with Gasteiger partial charge in [-0.3, -0.25) is 4.79 Å². The van der Waals surface area contributed by atoms with Crippen molar-refractivity contribution in [2.24, 2.45) is 0 Å². The van der Waals surface area contributed by atoms with E-state index in [4.69, 9.17) is 4.74 Å². The SMILES string of the molecule is COc1ccccc1CNc1cnc(C(=O)NCCc2ccccc2F)cn1. The van der Waals surface area contributed by atoms with Crippen LogP contribution in [-0.2, 0) is 13.0 Å². The Hall–Kier alpha value is -3.48. The van der Waals surface area contributed by atoms with Gasteiger partial charge in [0.25, 0.3) is 5.91 Å². The van der Waals surface area contributed by atoms with Gasteiger partial charge in [0.1, 0.15) is 23.1 Å². The Morgan fingerprint density at radius 2 is 1.79 bits per heavy atom. The maximum Gasteiger partial charge on any atom is 0.271 e. The molecule has 1 amide bonds. The van der Waals surface area contributed by atoms with Crippen LogP contribution in [0.15, 0.2) is 60.9 Å². The highest BCUT2D eigenvalue weighted by Gasteiger charge is 2.09. The lowest BCUT2D eigenvalue weighted by Gasteiger charge is -2.10. The topological polar surface area (TPSA) is 76.1 Å². The van der Waals surface area contributed by atoms with E-state index in [-0.39, 0.29) is 17.4 Å². The molecule has 6 nitrogen and oxygen atoms in total. The number of amides is 1. The molecule has 3 aromatic rings. The minimum atomic E-state index is -0.347. The number of nitrogens with zero attached hydrogens (tertiary/aromatic N) is 2. The number of carbonyl (C=O) groups excluding carboxylic acids is 1. The first-order valence-corrected chi connectivity index (χ1v) is 8.87. The van der Waals surface area contributed by atoms with Crippen molar-refractivity contribution in [2.45, 2.75) is 13.0 Å². The summed E-state index contributed by atoms with van der Waals surface area (Å²) >= 11 is 0. The van der Waals surface area contributed by atoms with Crippen LogP contribution in [0.2, 0.25) is 0 Å². The standard InChI is InChI=1S/C21H21FN4O2/c1-28-19-9-5-3-7-16(19)12-25-20-14-24-18(13-26-20)21(27)23-11-10-15-6-2-4-8-17(15)22/h2-9,13-14H,10-12H2,1H3,(H,23,27)(H,25,26). The van der Waals surface area contributed by atoms with Crippen LogP contribution in [0.3, 0.4) is 0 Å². The molecule has 0 saturated carbocycles. The van der Waals surface area contributed by atoms with Gasteiger partial charge in [0.05, 0.1) is 19.5 Å². The summed E-state index contributed by atoms with van der Waals surface area (Å²) in [7, 11) is 1.62. The number of aromatic nitrogens is 2. The molecule has 1 heterocycles. The lowest BCUT2D eigenvalue weighted by atomic mass is 10.1. The molecule has 3 rings (SSSR count). The van der Waals surface area contributed by atoms with Crippen molar-refractivity contribution in [3.63, 3.8) is 0 Å². The summed E-state index contributed by atoms with van der Waals surface area (Å²) in [6, 6.07) is 14.2. The molecule has 2 N–H and O–H groups in total. The van der Waals surface area contributed by atoms with E-state index in [1.54, 1.807) is 25.3 Å². The van der Waals surface area contributed by atoms with E-state index in [1.165, 1.54) is 18.5 Å². The van der Waals surface area contributed by atoms with Gasteiger partial charge >= 0.3 is 0 Å². The third kappa shape index (κ3) is 5.03. The first kappa shape index (κ1) is 19.3. The van der Waals surface area contributed by atoms with E-state index in [0.717, 1.165) is 11.3 Å². The fourth-order valence-corrected chi connectivity index (χ4v) is 2.67. The average molecular weight is 380 g/mol. The number of halogens is 1. The van der Waals surface area contributed by atoms with E-state index in [0.29, 0.717) is 30.9 Å². The fraction of sp³-hybridized carbons (Fsp3) is 0.190. The first-order chi connectivity index (χ1) is 13.7. The molecule has 0 bridgehead atoms. The molecule has 0 fully saturated rings. The molecule has 0 aliphatic rings. The summed E-state index contributed by atoms with van der Waals surface area (Å²) < 4.78 is 18.9. The van der Waals surface area contributed by atoms with Crippen molar-refractivity contribution in [3.05, 3.63) is 83.6 Å². The first-order valence-electron chi connectivity index (χ1n) is 8.87. The molecule has 0 aliphatic heterocycles. The molecule has 0 radical (unpaired) electrons. The quantitative estimate of drug-likeness (QED) is 0.628. The number of nitrogens with one attached hydrogen (secondary N) is 2. The van der Waals surface area contributed by atoms with Gasteiger partial charge in [0.2, 0.25) is 0 Å². The number of hydrogen-bond acceptors (Lipinski definition) is 5. The maximum absolute atomic E-state index is 13.6. The Balaban J connectivity index is 1.50. The van der Waals surface area contributed by atoms with Crippen molar-refractivity contribution in [1.82, 2.24) is 15.3 Å². The van der Waals surface area contributed by atoms with Crippen molar-refractivity contribution >= 4 is 11.7 Å². The van der Waals surface area contributed by atoms with Gasteiger partial charge < -0.3 is 15.4 Å². The number of benzene rings is 2. The summed E-state index contributed by atoms with van der Waals surface area (Å²) in [4.78, 5) is 20.5. The fourth-order valence-electron chi connectivity index (χ4n) is 2.67. The van der Waals surface area contributed by atoms with Gasteiger partial charge in [-0.2, -0.15) is 0 Å². The number of methoxy groups -OCH3 is 1. The monoisotopic (exact) mass is 380 g/mol. The number of hydrogen-bond donors (Lipinski definition) is 2. The number of para-hydroxylation sites is 1. The summed E-state index contributed by atoms with van der Waals surface area (Å²) in [5, 5.41) is 5.87. The highest BCUT2D eigenvalue weighted by atomic mass is 19.1. The minimum Gasteiger partial charge on any atom is -0.496 e. The largest absolute Gasteiger partial charge is 0.496 e. The van der Waals surface area contributed by atoms with E-state index in [2.05, 4.69) is 20.6 Å². The molecule has 0 saturated heterocycles. The molecule has 0 aliphatic carbocycles. The molecule has 28 heavy (non-hydrogen) atoms. The molecular weight excluding hydrogens is 359 g/mol. The zero-order valence-corrected chi connectivity index (χ0v) is 15.5. The average Bonchev–Trinajstić information content (AvgIpc) is 2.74. The van der Waals surface area contributed by atoms with Crippen LogP contribution in [-0.4, -0.2) is 29.5 Å². The predicted octanol–water partition coefficient (Wildman–Crippen LogP) is 3.21. The Kier molecular flexibility index (Phi) is 6.51. The molecule has 7 heteroatoms. The summed E-state index contributed by atoms with van der Waals surface area (Å²) in [6.45, 7) is 0.835. The van der Waals surface area contributed by atoms with Crippen LogP contribution in [0, 0.1) is 5.82 Å². The lowest BCUT2D eigenvalue weighted by Crippen LogP contribution is -2.27. The Morgan fingerprint density at radius 1 is 1.04 bits per heavy atom. The van der Waals surface area contributed by atoms with Crippen molar-refractivity contribution in [2.75, 3.05) is 19.0 Å². The molecule has 0 spiro atoms. The van der Waals surface area contributed by atoms with E-state index in [9.17, 15) is 9.18 Å². The van der Waals surface area contributed by atoms with Gasteiger partial charge in [0, 0.05) is 18.7 Å². The third-order valence-electron chi connectivity index (χ3n) is 4.17. The van der Waals surface area contributed by atoms with Crippen LogP contribution >= 0.6 is 0 Å². The summed E-state index contributed by atoms with van der Waals surface area (Å²) in [5.41, 5.74) is 1.75. The van der Waals surface area contributed by atoms with Gasteiger partial charge in [0.15, 0.2) is 0 Å². The van der Waals surface area contributed by atoms with Gasteiger partial charge in [-0.1, -0.05) is 36.4 Å². The second kappa shape index (κ2) is 9.45. The molecule has 0 unspecified atom stereocenters. The molecule has 0 atom stereocenters. The zero-order valence-electron chi connectivity index (χ0n) is 15.5. The van der Waals surface area contributed by atoms with Crippen LogP contribution in [0.5, 0.6) is 5.75 Å². The van der Waals surface area contributed by atoms with Crippen LogP contribution < -0.4 is 15.4 Å². The second-order valence-corrected chi connectivity index (χ2v) is 6.05. The van der Waals surface area contributed by atoms with Gasteiger partial charge in [-0.05, 0) is 24.1 Å².